The van der Waals surface area contributed by atoms with E-state index in [1.165, 1.54) is 0 Å². The first-order valence-corrected chi connectivity index (χ1v) is 3.95. The maximum Gasteiger partial charge on any atom is -0.0126 e. The largest absolute Gasteiger partial charge is 0.0911 e. The van der Waals surface area contributed by atoms with E-state index in [0.29, 0.717) is 10.8 Å². The summed E-state index contributed by atoms with van der Waals surface area (Å²) in [7, 11) is 0. The van der Waals surface area contributed by atoms with Gasteiger partial charge in [0.1, 0.15) is 0 Å². The summed E-state index contributed by atoms with van der Waals surface area (Å²) in [5, 5.41) is 0. The van der Waals surface area contributed by atoms with Gasteiger partial charge in [0.2, 0.25) is 0 Å². The molecule has 0 heterocycles. The Hall–Kier alpha value is -0.260. The lowest BCUT2D eigenvalue weighted by atomic mass is 9.69. The molecule has 0 aromatic carbocycles. The van der Waals surface area contributed by atoms with Gasteiger partial charge >= 0.3 is 0 Å². The molecule has 0 nitrogen and oxygen atoms in total. The van der Waals surface area contributed by atoms with E-state index in [9.17, 15) is 0 Å². The first kappa shape index (κ1) is 9.74. The van der Waals surface area contributed by atoms with Gasteiger partial charge in [0.05, 0.1) is 0 Å². The average Bonchev–Trinajstić information content (AvgIpc) is 1.61. The van der Waals surface area contributed by atoms with Crippen LogP contribution in [0.5, 0.6) is 0 Å². The molecule has 0 N–H and O–H groups in total. The van der Waals surface area contributed by atoms with Crippen LogP contribution in [0.25, 0.3) is 0 Å². The zero-order valence-electron chi connectivity index (χ0n) is 8.15. The molecule has 0 spiro atoms. The molecule has 0 heteroatoms. The summed E-state index contributed by atoms with van der Waals surface area (Å²) in [4.78, 5) is 0. The molecule has 0 saturated heterocycles. The number of hydrogen-bond acceptors (Lipinski definition) is 0. The molecule has 0 aromatic rings. The van der Waals surface area contributed by atoms with Gasteiger partial charge in [0.25, 0.3) is 0 Å². The summed E-state index contributed by atoms with van der Waals surface area (Å²) in [6.07, 6.45) is 4.40. The van der Waals surface area contributed by atoms with E-state index in [1.807, 2.05) is 0 Å². The average molecular weight is 140 g/mol. The fourth-order valence-electron chi connectivity index (χ4n) is 0.667. The lowest BCUT2D eigenvalue weighted by Gasteiger charge is -2.36. The molecule has 0 amide bonds. The standard InChI is InChI=1S/C10H20/c1-7-8-10(5,6)9(2,3)4/h7-8H,1-6H3/b8-7-. The molecule has 10 heavy (non-hydrogen) atoms. The molecule has 0 aliphatic rings. The van der Waals surface area contributed by atoms with Crippen molar-refractivity contribution >= 4 is 0 Å². The highest BCUT2D eigenvalue weighted by molar-refractivity contribution is 4.99. The molecule has 0 rings (SSSR count). The summed E-state index contributed by atoms with van der Waals surface area (Å²) < 4.78 is 0. The van der Waals surface area contributed by atoms with Crippen molar-refractivity contribution in [3.63, 3.8) is 0 Å². The van der Waals surface area contributed by atoms with E-state index >= 15 is 0 Å². The van der Waals surface area contributed by atoms with Crippen LogP contribution in [0, 0.1) is 10.8 Å². The molecule has 0 saturated carbocycles. The van der Waals surface area contributed by atoms with Gasteiger partial charge in [-0.25, -0.2) is 0 Å². The highest BCUT2D eigenvalue weighted by atomic mass is 14.3. The Bertz CT molecular complexity index is 121. The third kappa shape index (κ3) is 2.17. The smallest absolute Gasteiger partial charge is 0.0126 e. The fraction of sp³-hybridized carbons (Fsp3) is 0.800. The van der Waals surface area contributed by atoms with E-state index in [4.69, 9.17) is 0 Å². The molecule has 0 atom stereocenters. The Morgan fingerprint density at radius 2 is 1.30 bits per heavy atom. The first-order valence-electron chi connectivity index (χ1n) is 3.95. The van der Waals surface area contributed by atoms with E-state index in [-0.39, 0.29) is 0 Å². The number of rotatable bonds is 1. The molecule has 0 fully saturated rings. The molecule has 0 aromatic heterocycles. The van der Waals surface area contributed by atoms with Crippen molar-refractivity contribution in [3.8, 4) is 0 Å². The van der Waals surface area contributed by atoms with Crippen LogP contribution >= 0.6 is 0 Å². The van der Waals surface area contributed by atoms with Crippen LogP contribution in [0.1, 0.15) is 41.5 Å². The molecule has 0 aliphatic heterocycles. The Kier molecular flexibility index (Phi) is 2.70. The van der Waals surface area contributed by atoms with Gasteiger partial charge in [-0.15, -0.1) is 0 Å². The van der Waals surface area contributed by atoms with Crippen molar-refractivity contribution in [2.75, 3.05) is 0 Å². The van der Waals surface area contributed by atoms with Crippen LogP contribution in [0.15, 0.2) is 12.2 Å². The quantitative estimate of drug-likeness (QED) is 0.488. The zero-order chi connectivity index (χ0) is 8.41. The van der Waals surface area contributed by atoms with Crippen molar-refractivity contribution in [1.82, 2.24) is 0 Å². The van der Waals surface area contributed by atoms with E-state index in [0.717, 1.165) is 0 Å². The Morgan fingerprint density at radius 3 is 1.40 bits per heavy atom. The topological polar surface area (TPSA) is 0 Å². The van der Waals surface area contributed by atoms with Gasteiger partial charge in [-0.3, -0.25) is 0 Å². The first-order chi connectivity index (χ1) is 4.31. The minimum absolute atomic E-state index is 0.307. The summed E-state index contributed by atoms with van der Waals surface area (Å²) in [6, 6.07) is 0. The monoisotopic (exact) mass is 140 g/mol. The summed E-state index contributed by atoms with van der Waals surface area (Å²) in [5.74, 6) is 0. The fourth-order valence-corrected chi connectivity index (χ4v) is 0.667. The third-order valence-electron chi connectivity index (χ3n) is 2.52. The SMILES string of the molecule is C/C=C\C(C)(C)C(C)(C)C. The van der Waals surface area contributed by atoms with Crippen molar-refractivity contribution in [2.45, 2.75) is 41.5 Å². The minimum atomic E-state index is 0.307. The van der Waals surface area contributed by atoms with E-state index in [1.54, 1.807) is 0 Å². The molecule has 60 valence electrons. The second kappa shape index (κ2) is 2.77. The number of allylic oxidation sites excluding steroid dienone is 2. The number of hydrogen-bond donors (Lipinski definition) is 0. The molecule has 0 unspecified atom stereocenters. The summed E-state index contributed by atoms with van der Waals surface area (Å²) in [6.45, 7) is 13.4. The third-order valence-corrected chi connectivity index (χ3v) is 2.52. The lowest BCUT2D eigenvalue weighted by molar-refractivity contribution is 0.192. The minimum Gasteiger partial charge on any atom is -0.0911 e. The van der Waals surface area contributed by atoms with Crippen molar-refractivity contribution in [2.24, 2.45) is 10.8 Å². The predicted molar refractivity (Wildman–Crippen MR) is 48.1 cm³/mol. The molecule has 0 radical (unpaired) electrons. The Morgan fingerprint density at radius 1 is 0.900 bits per heavy atom. The molecule has 0 bridgehead atoms. The highest BCUT2D eigenvalue weighted by Gasteiger charge is 2.29. The van der Waals surface area contributed by atoms with Gasteiger partial charge in [-0.1, -0.05) is 46.8 Å². The Balaban J connectivity index is 4.40. The Labute approximate surface area is 65.3 Å². The van der Waals surface area contributed by atoms with Gasteiger partial charge in [-0.05, 0) is 17.8 Å². The van der Waals surface area contributed by atoms with Gasteiger partial charge in [-0.2, -0.15) is 0 Å². The van der Waals surface area contributed by atoms with Crippen LogP contribution in [0.4, 0.5) is 0 Å². The van der Waals surface area contributed by atoms with Crippen molar-refractivity contribution in [1.29, 1.82) is 0 Å². The van der Waals surface area contributed by atoms with Crippen molar-refractivity contribution in [3.05, 3.63) is 12.2 Å². The molecule has 0 aliphatic carbocycles. The van der Waals surface area contributed by atoms with Crippen LogP contribution in [-0.2, 0) is 0 Å². The van der Waals surface area contributed by atoms with E-state index in [2.05, 4.69) is 53.7 Å². The van der Waals surface area contributed by atoms with E-state index < -0.39 is 0 Å². The van der Waals surface area contributed by atoms with Crippen molar-refractivity contribution < 1.29 is 0 Å². The lowest BCUT2D eigenvalue weighted by Crippen LogP contribution is -2.27. The summed E-state index contributed by atoms with van der Waals surface area (Å²) >= 11 is 0. The van der Waals surface area contributed by atoms with Gasteiger partial charge in [0, 0.05) is 0 Å². The van der Waals surface area contributed by atoms with Crippen LogP contribution in [-0.4, -0.2) is 0 Å². The highest BCUT2D eigenvalue weighted by Crippen LogP contribution is 2.38. The van der Waals surface area contributed by atoms with Crippen LogP contribution in [0.3, 0.4) is 0 Å². The maximum absolute atomic E-state index is 2.27. The second-order valence-corrected chi connectivity index (χ2v) is 4.47. The van der Waals surface area contributed by atoms with Crippen LogP contribution in [0.2, 0.25) is 0 Å². The van der Waals surface area contributed by atoms with Crippen LogP contribution < -0.4 is 0 Å². The zero-order valence-corrected chi connectivity index (χ0v) is 8.15. The molecular formula is C10H20. The predicted octanol–water partition coefficient (Wildman–Crippen LogP) is 3.63. The van der Waals surface area contributed by atoms with Gasteiger partial charge in [0.15, 0.2) is 0 Å². The normalized spacial score (nSPS) is 14.6. The van der Waals surface area contributed by atoms with Gasteiger partial charge < -0.3 is 0 Å². The maximum atomic E-state index is 2.27. The second-order valence-electron chi connectivity index (χ2n) is 4.47. The summed E-state index contributed by atoms with van der Waals surface area (Å²) in [5.41, 5.74) is 0.668. The molecular weight excluding hydrogens is 120 g/mol.